The Hall–Kier alpha value is -4.98. The second kappa shape index (κ2) is 12.5. The second-order valence-corrected chi connectivity index (χ2v) is 10.2. The Morgan fingerprint density at radius 3 is 1.93 bits per heavy atom. The lowest BCUT2D eigenvalue weighted by molar-refractivity contribution is -0.165. The first kappa shape index (κ1) is 29.0. The highest BCUT2D eigenvalue weighted by Crippen LogP contribution is 2.30. The van der Waals surface area contributed by atoms with Gasteiger partial charge in [0.1, 0.15) is 0 Å². The molecule has 1 aromatic heterocycles. The van der Waals surface area contributed by atoms with Gasteiger partial charge in [0.2, 0.25) is 11.7 Å². The number of carbonyl (C=O) groups excluding carboxylic acids is 2. The average molecular weight is 553 g/mol. The number of nitrogens with zero attached hydrogens (tertiary/aromatic N) is 2. The lowest BCUT2D eigenvalue weighted by Crippen LogP contribution is -2.59. The number of hydrogen-bond acceptors (Lipinski definition) is 4. The number of ketones is 1. The van der Waals surface area contributed by atoms with E-state index in [9.17, 15) is 29.4 Å². The number of aryl methyl sites for hydroxylation is 1. The van der Waals surface area contributed by atoms with Crippen molar-refractivity contribution in [3.05, 3.63) is 131 Å². The van der Waals surface area contributed by atoms with Crippen LogP contribution < -0.4 is 0 Å². The molecule has 0 saturated carbocycles. The summed E-state index contributed by atoms with van der Waals surface area (Å²) in [6.45, 7) is 1.83. The maximum absolute atomic E-state index is 14.1. The third kappa shape index (κ3) is 6.61. The largest absolute Gasteiger partial charge is 0.481 e. The van der Waals surface area contributed by atoms with Crippen molar-refractivity contribution >= 4 is 23.6 Å². The van der Waals surface area contributed by atoms with Gasteiger partial charge in [-0.05, 0) is 30.2 Å². The first-order chi connectivity index (χ1) is 19.6. The zero-order chi connectivity index (χ0) is 29.6. The molecule has 0 unspecified atom stereocenters. The third-order valence-corrected chi connectivity index (χ3v) is 7.29. The molecule has 0 fully saturated rings. The molecule has 1 amide bonds. The van der Waals surface area contributed by atoms with Crippen LogP contribution in [0.15, 0.2) is 97.1 Å². The minimum Gasteiger partial charge on any atom is -0.481 e. The Morgan fingerprint density at radius 2 is 1.37 bits per heavy atom. The molecule has 2 N–H and O–H groups in total. The molecule has 4 rings (SSSR count). The Kier molecular flexibility index (Phi) is 8.82. The van der Waals surface area contributed by atoms with Crippen LogP contribution in [0.5, 0.6) is 0 Å². The van der Waals surface area contributed by atoms with Crippen molar-refractivity contribution in [2.24, 2.45) is 7.05 Å². The maximum Gasteiger partial charge on any atom is 0.330 e. The number of aromatic nitrogens is 1. The predicted molar refractivity (Wildman–Crippen MR) is 153 cm³/mol. The molecular formula is C33H32N2O6. The summed E-state index contributed by atoms with van der Waals surface area (Å²) >= 11 is 0. The SMILES string of the molecule is Cc1ccc(C(=O)c2ccc(CC(=O)N(Cc3ccccc3)[C@](CC(=O)O)(Cc3ccccc3)C(=O)O)n2C)cc1. The molecule has 0 aliphatic heterocycles. The average Bonchev–Trinajstić information content (AvgIpc) is 3.31. The summed E-state index contributed by atoms with van der Waals surface area (Å²) in [5.74, 6) is -3.51. The summed E-state index contributed by atoms with van der Waals surface area (Å²) in [6.07, 6.45) is -1.22. The van der Waals surface area contributed by atoms with E-state index in [4.69, 9.17) is 0 Å². The fourth-order valence-electron chi connectivity index (χ4n) is 5.01. The number of carboxylic acid groups (broad SMARTS) is 2. The number of benzene rings is 3. The summed E-state index contributed by atoms with van der Waals surface area (Å²) in [5, 5.41) is 20.4. The molecule has 41 heavy (non-hydrogen) atoms. The van der Waals surface area contributed by atoms with Crippen LogP contribution >= 0.6 is 0 Å². The highest BCUT2D eigenvalue weighted by Gasteiger charge is 2.48. The first-order valence-electron chi connectivity index (χ1n) is 13.2. The second-order valence-electron chi connectivity index (χ2n) is 10.2. The van der Waals surface area contributed by atoms with Gasteiger partial charge in [0.25, 0.3) is 0 Å². The molecule has 1 heterocycles. The van der Waals surface area contributed by atoms with Crippen LogP contribution in [0.25, 0.3) is 0 Å². The van der Waals surface area contributed by atoms with Gasteiger partial charge in [-0.1, -0.05) is 90.5 Å². The Labute approximate surface area is 238 Å². The molecule has 0 aliphatic carbocycles. The van der Waals surface area contributed by atoms with Gasteiger partial charge in [-0.25, -0.2) is 4.79 Å². The van der Waals surface area contributed by atoms with Crippen LogP contribution in [0.2, 0.25) is 0 Å². The molecule has 3 aromatic carbocycles. The Balaban J connectivity index is 1.73. The highest BCUT2D eigenvalue weighted by molar-refractivity contribution is 6.08. The van der Waals surface area contributed by atoms with Crippen LogP contribution in [0.3, 0.4) is 0 Å². The summed E-state index contributed by atoms with van der Waals surface area (Å²) in [6, 6.07) is 28.0. The van der Waals surface area contributed by atoms with Crippen molar-refractivity contribution in [3.8, 4) is 0 Å². The van der Waals surface area contributed by atoms with Crippen molar-refractivity contribution in [1.82, 2.24) is 9.47 Å². The van der Waals surface area contributed by atoms with Crippen molar-refractivity contribution in [2.45, 2.75) is 38.3 Å². The van der Waals surface area contributed by atoms with Crippen molar-refractivity contribution in [3.63, 3.8) is 0 Å². The van der Waals surface area contributed by atoms with E-state index >= 15 is 0 Å². The van der Waals surface area contributed by atoms with Gasteiger partial charge in [-0.3, -0.25) is 14.4 Å². The van der Waals surface area contributed by atoms with Crippen LogP contribution in [-0.2, 0) is 40.8 Å². The quantitative estimate of drug-likeness (QED) is 0.247. The van der Waals surface area contributed by atoms with E-state index in [-0.39, 0.29) is 25.2 Å². The predicted octanol–water partition coefficient (Wildman–Crippen LogP) is 4.68. The minimum atomic E-state index is -2.06. The fourth-order valence-corrected chi connectivity index (χ4v) is 5.01. The van der Waals surface area contributed by atoms with Crippen LogP contribution in [0.1, 0.15) is 44.9 Å². The van der Waals surface area contributed by atoms with E-state index in [1.165, 1.54) is 4.90 Å². The van der Waals surface area contributed by atoms with Crippen LogP contribution in [-0.4, -0.2) is 48.8 Å². The van der Waals surface area contributed by atoms with Crippen molar-refractivity contribution in [1.29, 1.82) is 0 Å². The molecular weight excluding hydrogens is 520 g/mol. The summed E-state index contributed by atoms with van der Waals surface area (Å²) in [7, 11) is 1.68. The fraction of sp³-hybridized carbons (Fsp3) is 0.212. The molecule has 0 saturated heterocycles. The van der Waals surface area contributed by atoms with Gasteiger partial charge in [-0.15, -0.1) is 0 Å². The first-order valence-corrected chi connectivity index (χ1v) is 13.2. The highest BCUT2D eigenvalue weighted by atomic mass is 16.4. The van der Waals surface area contributed by atoms with Crippen LogP contribution in [0.4, 0.5) is 0 Å². The molecule has 0 spiro atoms. The molecule has 0 aliphatic rings. The number of carboxylic acids is 2. The van der Waals surface area contributed by atoms with E-state index in [1.54, 1.807) is 96.5 Å². The molecule has 0 bridgehead atoms. The monoisotopic (exact) mass is 552 g/mol. The number of hydrogen-bond donors (Lipinski definition) is 2. The number of rotatable bonds is 12. The van der Waals surface area contributed by atoms with E-state index in [2.05, 4.69) is 0 Å². The lowest BCUT2D eigenvalue weighted by Gasteiger charge is -2.40. The smallest absolute Gasteiger partial charge is 0.330 e. The van der Waals surface area contributed by atoms with Gasteiger partial charge in [0.05, 0.1) is 18.5 Å². The van der Waals surface area contributed by atoms with Gasteiger partial charge in [0, 0.05) is 31.3 Å². The Morgan fingerprint density at radius 1 is 0.780 bits per heavy atom. The molecule has 4 aromatic rings. The van der Waals surface area contributed by atoms with Crippen molar-refractivity contribution in [2.75, 3.05) is 0 Å². The summed E-state index contributed by atoms with van der Waals surface area (Å²) in [4.78, 5) is 53.5. The van der Waals surface area contributed by atoms with E-state index in [0.717, 1.165) is 5.56 Å². The minimum absolute atomic E-state index is 0.105. The van der Waals surface area contributed by atoms with Gasteiger partial charge < -0.3 is 19.7 Å². The molecule has 1 atom stereocenters. The van der Waals surface area contributed by atoms with Crippen LogP contribution in [0, 0.1) is 6.92 Å². The van der Waals surface area contributed by atoms with Gasteiger partial charge >= 0.3 is 11.9 Å². The van der Waals surface area contributed by atoms with Gasteiger partial charge in [0.15, 0.2) is 5.54 Å². The van der Waals surface area contributed by atoms with Crippen molar-refractivity contribution < 1.29 is 29.4 Å². The lowest BCUT2D eigenvalue weighted by atomic mass is 9.84. The number of carbonyl (C=O) groups is 4. The number of amides is 1. The zero-order valence-corrected chi connectivity index (χ0v) is 23.0. The third-order valence-electron chi connectivity index (χ3n) is 7.29. The Bertz CT molecular complexity index is 1540. The molecule has 8 heteroatoms. The van der Waals surface area contributed by atoms with E-state index < -0.39 is 29.8 Å². The van der Waals surface area contributed by atoms with E-state index in [0.29, 0.717) is 28.1 Å². The zero-order valence-electron chi connectivity index (χ0n) is 23.0. The normalized spacial score (nSPS) is 12.3. The maximum atomic E-state index is 14.1. The number of aliphatic carboxylic acids is 2. The topological polar surface area (TPSA) is 117 Å². The summed E-state index contributed by atoms with van der Waals surface area (Å²) < 4.78 is 1.62. The molecule has 8 nitrogen and oxygen atoms in total. The molecule has 210 valence electrons. The van der Waals surface area contributed by atoms with E-state index in [1.807, 2.05) is 19.1 Å². The van der Waals surface area contributed by atoms with Gasteiger partial charge in [-0.2, -0.15) is 0 Å². The molecule has 0 radical (unpaired) electrons. The standard InChI is InChI=1S/C33H32N2O6/c1-23-13-15-26(16-14-23)31(39)28-18-17-27(34(28)2)19-29(36)35(22-25-11-7-4-8-12-25)33(32(40)41,21-30(37)38)20-24-9-5-3-6-10-24/h3-18H,19-22H2,1-2H3,(H,37,38)(H,40,41)/t33-/m0/s1. The summed E-state index contributed by atoms with van der Waals surface area (Å²) in [5.41, 5.74) is 1.60.